The van der Waals surface area contributed by atoms with Crippen molar-refractivity contribution in [1.29, 1.82) is 0 Å². The number of nitrogens with one attached hydrogen (secondary N) is 1. The molecule has 0 radical (unpaired) electrons. The fraction of sp³-hybridized carbons (Fsp3) is 0.111. The van der Waals surface area contributed by atoms with Crippen LogP contribution in [0.3, 0.4) is 0 Å². The molecule has 2 aromatic carbocycles. The lowest BCUT2D eigenvalue weighted by molar-refractivity contribution is 0.102. The van der Waals surface area contributed by atoms with E-state index in [9.17, 15) is 9.18 Å². The summed E-state index contributed by atoms with van der Waals surface area (Å²) in [7, 11) is 0. The molecule has 3 rings (SSSR count). The summed E-state index contributed by atoms with van der Waals surface area (Å²) in [6, 6.07) is 13.5. The van der Waals surface area contributed by atoms with Gasteiger partial charge in [0.05, 0.1) is 5.69 Å². The topological polar surface area (TPSA) is 42.0 Å². The molecule has 0 aliphatic rings. The van der Waals surface area contributed by atoms with Crippen LogP contribution in [0.1, 0.15) is 26.5 Å². The standard InChI is InChI=1S/C18H14BrFN2OS/c1-11-16(10-12-3-2-4-14(19)9-12)24-18(21-11)22-17(23)13-5-7-15(20)8-6-13/h2-9H,10H2,1H3,(H,21,22,23). The van der Waals surface area contributed by atoms with E-state index in [1.807, 2.05) is 19.1 Å². The Hall–Kier alpha value is -2.05. The van der Waals surface area contributed by atoms with Crippen LogP contribution >= 0.6 is 27.3 Å². The number of aryl methyl sites for hydroxylation is 1. The third-order valence-electron chi connectivity index (χ3n) is 3.47. The first-order valence-corrected chi connectivity index (χ1v) is 8.90. The predicted molar refractivity (Wildman–Crippen MR) is 98.2 cm³/mol. The minimum Gasteiger partial charge on any atom is -0.298 e. The normalized spacial score (nSPS) is 10.6. The number of amides is 1. The first-order chi connectivity index (χ1) is 11.5. The summed E-state index contributed by atoms with van der Waals surface area (Å²) in [5.74, 6) is -0.661. The SMILES string of the molecule is Cc1nc(NC(=O)c2ccc(F)cc2)sc1Cc1cccc(Br)c1. The number of halogens is 2. The molecule has 0 bridgehead atoms. The van der Waals surface area contributed by atoms with Crippen LogP contribution < -0.4 is 5.32 Å². The second-order valence-corrected chi connectivity index (χ2v) is 7.29. The van der Waals surface area contributed by atoms with E-state index in [0.29, 0.717) is 10.7 Å². The molecule has 0 saturated carbocycles. The van der Waals surface area contributed by atoms with Crippen molar-refractivity contribution in [3.8, 4) is 0 Å². The van der Waals surface area contributed by atoms with E-state index in [1.54, 1.807) is 0 Å². The molecular formula is C18H14BrFN2OS. The van der Waals surface area contributed by atoms with Crippen molar-refractivity contribution in [2.75, 3.05) is 5.32 Å². The molecule has 0 aliphatic carbocycles. The Morgan fingerprint density at radius 1 is 1.25 bits per heavy atom. The number of hydrogen-bond acceptors (Lipinski definition) is 3. The number of aromatic nitrogens is 1. The molecular weight excluding hydrogens is 391 g/mol. The largest absolute Gasteiger partial charge is 0.298 e. The van der Waals surface area contributed by atoms with Crippen LogP contribution in [0, 0.1) is 12.7 Å². The molecule has 1 amide bonds. The summed E-state index contributed by atoms with van der Waals surface area (Å²) >= 11 is 4.92. The fourth-order valence-corrected chi connectivity index (χ4v) is 3.69. The average molecular weight is 405 g/mol. The van der Waals surface area contributed by atoms with E-state index >= 15 is 0 Å². The summed E-state index contributed by atoms with van der Waals surface area (Å²) in [6.45, 7) is 1.93. The van der Waals surface area contributed by atoms with Gasteiger partial charge in [-0.1, -0.05) is 28.1 Å². The molecule has 0 spiro atoms. The van der Waals surface area contributed by atoms with Gasteiger partial charge >= 0.3 is 0 Å². The molecule has 1 heterocycles. The van der Waals surface area contributed by atoms with Gasteiger partial charge in [0.2, 0.25) is 0 Å². The average Bonchev–Trinajstić information content (AvgIpc) is 2.87. The zero-order valence-corrected chi connectivity index (χ0v) is 15.2. The molecule has 1 aromatic heterocycles. The third kappa shape index (κ3) is 4.07. The molecule has 0 fully saturated rings. The van der Waals surface area contributed by atoms with Gasteiger partial charge in [0, 0.05) is 21.3 Å². The van der Waals surface area contributed by atoms with Crippen LogP contribution in [0.2, 0.25) is 0 Å². The number of hydrogen-bond donors (Lipinski definition) is 1. The summed E-state index contributed by atoms with van der Waals surface area (Å²) in [5.41, 5.74) is 2.47. The Morgan fingerprint density at radius 2 is 2.00 bits per heavy atom. The number of carbonyl (C=O) groups is 1. The molecule has 1 N–H and O–H groups in total. The van der Waals surface area contributed by atoms with Gasteiger partial charge in [0.15, 0.2) is 5.13 Å². The Bertz CT molecular complexity index is 877. The van der Waals surface area contributed by atoms with Crippen LogP contribution in [0.15, 0.2) is 53.0 Å². The van der Waals surface area contributed by atoms with Crippen molar-refractivity contribution < 1.29 is 9.18 Å². The van der Waals surface area contributed by atoms with E-state index in [0.717, 1.165) is 21.5 Å². The van der Waals surface area contributed by atoms with Gasteiger partial charge in [-0.3, -0.25) is 10.1 Å². The molecule has 24 heavy (non-hydrogen) atoms. The van der Waals surface area contributed by atoms with Crippen LogP contribution in [-0.2, 0) is 6.42 Å². The molecule has 6 heteroatoms. The first kappa shape index (κ1) is 16.8. The fourth-order valence-electron chi connectivity index (χ4n) is 2.25. The second kappa shape index (κ2) is 7.23. The molecule has 0 unspecified atom stereocenters. The Morgan fingerprint density at radius 3 is 2.71 bits per heavy atom. The molecule has 122 valence electrons. The smallest absolute Gasteiger partial charge is 0.257 e. The number of thiazole rings is 1. The van der Waals surface area contributed by atoms with E-state index in [-0.39, 0.29) is 11.7 Å². The second-order valence-electron chi connectivity index (χ2n) is 5.30. The van der Waals surface area contributed by atoms with Crippen molar-refractivity contribution in [2.45, 2.75) is 13.3 Å². The Labute approximate surface area is 151 Å². The summed E-state index contributed by atoms with van der Waals surface area (Å²) in [6.07, 6.45) is 0.759. The Kier molecular flexibility index (Phi) is 5.06. The van der Waals surface area contributed by atoms with Gasteiger partial charge in [-0.2, -0.15) is 0 Å². The van der Waals surface area contributed by atoms with Gasteiger partial charge in [-0.05, 0) is 48.9 Å². The van der Waals surface area contributed by atoms with E-state index < -0.39 is 0 Å². The lowest BCUT2D eigenvalue weighted by atomic mass is 10.1. The van der Waals surface area contributed by atoms with Crippen LogP contribution in [-0.4, -0.2) is 10.9 Å². The summed E-state index contributed by atoms with van der Waals surface area (Å²) in [4.78, 5) is 17.7. The highest BCUT2D eigenvalue weighted by atomic mass is 79.9. The van der Waals surface area contributed by atoms with Crippen LogP contribution in [0.25, 0.3) is 0 Å². The number of carbonyl (C=O) groups excluding carboxylic acids is 1. The third-order valence-corrected chi connectivity index (χ3v) is 5.04. The maximum atomic E-state index is 12.9. The zero-order chi connectivity index (χ0) is 17.1. The maximum Gasteiger partial charge on any atom is 0.257 e. The molecule has 0 saturated heterocycles. The Balaban J connectivity index is 1.74. The molecule has 3 aromatic rings. The monoisotopic (exact) mass is 404 g/mol. The van der Waals surface area contributed by atoms with Gasteiger partial charge in [0.1, 0.15) is 5.82 Å². The minimum atomic E-state index is -0.368. The van der Waals surface area contributed by atoms with E-state index in [2.05, 4.69) is 38.4 Å². The van der Waals surface area contributed by atoms with Gasteiger partial charge < -0.3 is 0 Å². The van der Waals surface area contributed by atoms with Crippen molar-refractivity contribution in [3.05, 3.63) is 80.5 Å². The first-order valence-electron chi connectivity index (χ1n) is 7.29. The lowest BCUT2D eigenvalue weighted by Crippen LogP contribution is -2.11. The number of nitrogens with zero attached hydrogens (tertiary/aromatic N) is 1. The molecule has 3 nitrogen and oxygen atoms in total. The number of anilines is 1. The predicted octanol–water partition coefficient (Wildman–Crippen LogP) is 5.20. The maximum absolute atomic E-state index is 12.9. The molecule has 0 atom stereocenters. The number of rotatable bonds is 4. The van der Waals surface area contributed by atoms with E-state index in [1.165, 1.54) is 41.2 Å². The highest BCUT2D eigenvalue weighted by Crippen LogP contribution is 2.26. The van der Waals surface area contributed by atoms with Crippen molar-refractivity contribution in [3.63, 3.8) is 0 Å². The van der Waals surface area contributed by atoms with Gasteiger partial charge in [0.25, 0.3) is 5.91 Å². The zero-order valence-electron chi connectivity index (χ0n) is 12.8. The molecule has 0 aliphatic heterocycles. The lowest BCUT2D eigenvalue weighted by Gasteiger charge is -2.01. The summed E-state index contributed by atoms with van der Waals surface area (Å²) < 4.78 is 14.0. The minimum absolute atomic E-state index is 0.294. The van der Waals surface area contributed by atoms with Crippen molar-refractivity contribution in [1.82, 2.24) is 4.98 Å². The van der Waals surface area contributed by atoms with Gasteiger partial charge in [-0.15, -0.1) is 11.3 Å². The van der Waals surface area contributed by atoms with E-state index in [4.69, 9.17) is 0 Å². The highest BCUT2D eigenvalue weighted by Gasteiger charge is 2.12. The van der Waals surface area contributed by atoms with Crippen molar-refractivity contribution >= 4 is 38.3 Å². The summed E-state index contributed by atoms with van der Waals surface area (Å²) in [5, 5.41) is 3.32. The van der Waals surface area contributed by atoms with Crippen LogP contribution in [0.4, 0.5) is 9.52 Å². The van der Waals surface area contributed by atoms with Gasteiger partial charge in [-0.25, -0.2) is 9.37 Å². The highest BCUT2D eigenvalue weighted by molar-refractivity contribution is 9.10. The quantitative estimate of drug-likeness (QED) is 0.649. The number of benzene rings is 2. The van der Waals surface area contributed by atoms with Crippen molar-refractivity contribution in [2.24, 2.45) is 0 Å². The van der Waals surface area contributed by atoms with Crippen LogP contribution in [0.5, 0.6) is 0 Å².